The fourth-order valence-electron chi connectivity index (χ4n) is 1.99. The molecule has 0 N–H and O–H groups in total. The Morgan fingerprint density at radius 1 is 1.00 bits per heavy atom. The third-order valence-electron chi connectivity index (χ3n) is 2.99. The Morgan fingerprint density at radius 2 is 1.65 bits per heavy atom. The molecule has 0 atom stereocenters. The van der Waals surface area contributed by atoms with Crippen LogP contribution in [-0.4, -0.2) is 19.0 Å². The predicted molar refractivity (Wildman–Crippen MR) is 80.0 cm³/mol. The smallest absolute Gasteiger partial charge is 0.193 e. The molecule has 1 aliphatic heterocycles. The van der Waals surface area contributed by atoms with Crippen LogP contribution in [0.4, 0.5) is 0 Å². The fraction of sp³-hybridized carbons (Fsp3) is 0.133. The molecule has 2 aromatic rings. The number of carbonyl (C=O) groups excluding carboxylic acids is 1. The molecule has 102 valence electrons. The predicted octanol–water partition coefficient (Wildman–Crippen LogP) is 4.10. The van der Waals surface area contributed by atoms with Crippen LogP contribution >= 0.6 is 27.5 Å². The van der Waals surface area contributed by atoms with Crippen LogP contribution < -0.4 is 9.47 Å². The monoisotopic (exact) mass is 352 g/mol. The SMILES string of the molecule is O=C(c1ccc(Cl)c(Br)c1)c1ccc2c(c1)OCCO2. The third kappa shape index (κ3) is 2.53. The molecule has 0 saturated heterocycles. The van der Waals surface area contributed by atoms with E-state index >= 15 is 0 Å². The van der Waals surface area contributed by atoms with E-state index in [-0.39, 0.29) is 5.78 Å². The van der Waals surface area contributed by atoms with Crippen molar-refractivity contribution in [1.82, 2.24) is 0 Å². The Hall–Kier alpha value is -1.52. The van der Waals surface area contributed by atoms with Crippen LogP contribution in [0.5, 0.6) is 11.5 Å². The highest BCUT2D eigenvalue weighted by Crippen LogP contribution is 2.32. The first-order valence-electron chi connectivity index (χ1n) is 6.04. The molecule has 0 unspecified atom stereocenters. The average molecular weight is 354 g/mol. The van der Waals surface area contributed by atoms with Crippen molar-refractivity contribution in [2.75, 3.05) is 13.2 Å². The van der Waals surface area contributed by atoms with Gasteiger partial charge in [-0.2, -0.15) is 0 Å². The minimum Gasteiger partial charge on any atom is -0.486 e. The zero-order valence-electron chi connectivity index (χ0n) is 10.4. The number of ether oxygens (including phenoxy) is 2. The summed E-state index contributed by atoms with van der Waals surface area (Å²) in [5.41, 5.74) is 1.13. The van der Waals surface area contributed by atoms with Crippen LogP contribution in [0.1, 0.15) is 15.9 Å². The minimum absolute atomic E-state index is 0.0839. The highest BCUT2D eigenvalue weighted by molar-refractivity contribution is 9.10. The van der Waals surface area contributed by atoms with E-state index in [1.54, 1.807) is 36.4 Å². The zero-order valence-corrected chi connectivity index (χ0v) is 12.7. The molecule has 0 aliphatic carbocycles. The van der Waals surface area contributed by atoms with Crippen LogP contribution in [0.15, 0.2) is 40.9 Å². The van der Waals surface area contributed by atoms with Gasteiger partial charge in [-0.1, -0.05) is 11.6 Å². The van der Waals surface area contributed by atoms with E-state index in [4.69, 9.17) is 21.1 Å². The highest BCUT2D eigenvalue weighted by Gasteiger charge is 2.16. The Labute approximate surface area is 129 Å². The van der Waals surface area contributed by atoms with Gasteiger partial charge in [0.05, 0.1) is 5.02 Å². The van der Waals surface area contributed by atoms with Crippen molar-refractivity contribution < 1.29 is 14.3 Å². The van der Waals surface area contributed by atoms with Gasteiger partial charge in [-0.25, -0.2) is 0 Å². The fourth-order valence-corrected chi connectivity index (χ4v) is 2.48. The molecule has 2 aromatic carbocycles. The second kappa shape index (κ2) is 5.46. The summed E-state index contributed by atoms with van der Waals surface area (Å²) < 4.78 is 11.6. The molecule has 0 bridgehead atoms. The van der Waals surface area contributed by atoms with Gasteiger partial charge in [0.2, 0.25) is 0 Å². The maximum Gasteiger partial charge on any atom is 0.193 e. The number of benzene rings is 2. The van der Waals surface area contributed by atoms with Gasteiger partial charge in [0.25, 0.3) is 0 Å². The van der Waals surface area contributed by atoms with Crippen molar-refractivity contribution in [1.29, 1.82) is 0 Å². The van der Waals surface area contributed by atoms with Crippen LogP contribution in [0.3, 0.4) is 0 Å². The van der Waals surface area contributed by atoms with E-state index in [1.807, 2.05) is 0 Å². The summed E-state index contributed by atoms with van der Waals surface area (Å²) in [7, 11) is 0. The van der Waals surface area contributed by atoms with Gasteiger partial charge in [-0.15, -0.1) is 0 Å². The van der Waals surface area contributed by atoms with Crippen molar-refractivity contribution in [2.24, 2.45) is 0 Å². The van der Waals surface area contributed by atoms with Crippen LogP contribution in [0.2, 0.25) is 5.02 Å². The molecule has 0 saturated carbocycles. The summed E-state index contributed by atoms with van der Waals surface area (Å²) in [5, 5.41) is 0.573. The number of carbonyl (C=O) groups is 1. The number of hydrogen-bond donors (Lipinski definition) is 0. The molecule has 0 fully saturated rings. The standard InChI is InChI=1S/C15H10BrClO3/c16-11-7-9(1-3-12(11)17)15(18)10-2-4-13-14(8-10)20-6-5-19-13/h1-4,7-8H,5-6H2. The molecule has 3 rings (SSSR count). The molecule has 1 aliphatic rings. The molecule has 20 heavy (non-hydrogen) atoms. The Balaban J connectivity index is 1.95. The van der Waals surface area contributed by atoms with Crippen molar-refractivity contribution in [3.05, 3.63) is 57.0 Å². The molecule has 5 heteroatoms. The van der Waals surface area contributed by atoms with Gasteiger partial charge in [0.15, 0.2) is 17.3 Å². The molecule has 1 heterocycles. The van der Waals surface area contributed by atoms with Gasteiger partial charge in [0.1, 0.15) is 13.2 Å². The average Bonchev–Trinajstić information content (AvgIpc) is 2.49. The summed E-state index contributed by atoms with van der Waals surface area (Å²) in [6.07, 6.45) is 0. The normalized spacial score (nSPS) is 13.1. The summed E-state index contributed by atoms with van der Waals surface area (Å²) in [5.74, 6) is 1.19. The van der Waals surface area contributed by atoms with Gasteiger partial charge in [-0.05, 0) is 52.3 Å². The Kier molecular flexibility index (Phi) is 3.68. The second-order valence-electron chi connectivity index (χ2n) is 4.32. The van der Waals surface area contributed by atoms with Crippen molar-refractivity contribution >= 4 is 33.3 Å². The van der Waals surface area contributed by atoms with E-state index in [2.05, 4.69) is 15.9 Å². The Bertz CT molecular complexity index is 685. The molecular formula is C15H10BrClO3. The van der Waals surface area contributed by atoms with Gasteiger partial charge >= 0.3 is 0 Å². The number of rotatable bonds is 2. The summed E-state index contributed by atoms with van der Waals surface area (Å²) in [6, 6.07) is 10.3. The topological polar surface area (TPSA) is 35.5 Å². The molecule has 0 aromatic heterocycles. The van der Waals surface area contributed by atoms with E-state index in [0.29, 0.717) is 45.3 Å². The van der Waals surface area contributed by atoms with E-state index in [1.165, 1.54) is 0 Å². The molecule has 3 nitrogen and oxygen atoms in total. The first-order chi connectivity index (χ1) is 9.65. The summed E-state index contributed by atoms with van der Waals surface area (Å²) in [4.78, 5) is 12.4. The van der Waals surface area contributed by atoms with E-state index in [9.17, 15) is 4.79 Å². The van der Waals surface area contributed by atoms with Crippen LogP contribution in [0.25, 0.3) is 0 Å². The lowest BCUT2D eigenvalue weighted by molar-refractivity contribution is 0.103. The second-order valence-corrected chi connectivity index (χ2v) is 5.58. The lowest BCUT2D eigenvalue weighted by Gasteiger charge is -2.18. The quantitative estimate of drug-likeness (QED) is 0.762. The third-order valence-corrected chi connectivity index (χ3v) is 4.20. The van der Waals surface area contributed by atoms with E-state index < -0.39 is 0 Å². The highest BCUT2D eigenvalue weighted by atomic mass is 79.9. The zero-order chi connectivity index (χ0) is 14.1. The first-order valence-corrected chi connectivity index (χ1v) is 7.21. The number of fused-ring (bicyclic) bond motifs is 1. The van der Waals surface area contributed by atoms with E-state index in [0.717, 1.165) is 0 Å². The molecule has 0 amide bonds. The van der Waals surface area contributed by atoms with Crippen molar-refractivity contribution in [3.63, 3.8) is 0 Å². The lowest BCUT2D eigenvalue weighted by atomic mass is 10.0. The van der Waals surface area contributed by atoms with Gasteiger partial charge in [0, 0.05) is 15.6 Å². The maximum atomic E-state index is 12.4. The Morgan fingerprint density at radius 3 is 2.40 bits per heavy atom. The van der Waals surface area contributed by atoms with Crippen LogP contribution in [0, 0.1) is 0 Å². The van der Waals surface area contributed by atoms with Crippen LogP contribution in [-0.2, 0) is 0 Å². The molecular weight excluding hydrogens is 344 g/mol. The molecule has 0 radical (unpaired) electrons. The first kappa shape index (κ1) is 13.5. The van der Waals surface area contributed by atoms with Crippen molar-refractivity contribution in [3.8, 4) is 11.5 Å². The maximum absolute atomic E-state index is 12.4. The number of ketones is 1. The van der Waals surface area contributed by atoms with Gasteiger partial charge in [-0.3, -0.25) is 4.79 Å². The minimum atomic E-state index is -0.0839. The molecule has 0 spiro atoms. The number of halogens is 2. The van der Waals surface area contributed by atoms with Crippen molar-refractivity contribution in [2.45, 2.75) is 0 Å². The summed E-state index contributed by atoms with van der Waals surface area (Å²) in [6.45, 7) is 1.03. The largest absolute Gasteiger partial charge is 0.486 e. The number of hydrogen-bond acceptors (Lipinski definition) is 3. The van der Waals surface area contributed by atoms with Gasteiger partial charge < -0.3 is 9.47 Å². The lowest BCUT2D eigenvalue weighted by Crippen LogP contribution is -2.15. The summed E-state index contributed by atoms with van der Waals surface area (Å²) >= 11 is 9.25.